The lowest BCUT2D eigenvalue weighted by Crippen LogP contribution is -2.30. The van der Waals surface area contributed by atoms with Gasteiger partial charge in [-0.3, -0.25) is 4.79 Å². The zero-order valence-corrected chi connectivity index (χ0v) is 14.0. The van der Waals surface area contributed by atoms with Crippen LogP contribution in [0.1, 0.15) is 34.5 Å². The maximum absolute atomic E-state index is 12.5. The first-order chi connectivity index (χ1) is 11.4. The van der Waals surface area contributed by atoms with Crippen molar-refractivity contribution >= 4 is 11.9 Å². The van der Waals surface area contributed by atoms with Crippen molar-refractivity contribution in [2.75, 3.05) is 14.2 Å². The second kappa shape index (κ2) is 7.64. The van der Waals surface area contributed by atoms with Crippen LogP contribution in [0.25, 0.3) is 0 Å². The molecule has 0 saturated carbocycles. The summed E-state index contributed by atoms with van der Waals surface area (Å²) in [7, 11) is 3.38. The molecule has 1 atom stereocenters. The van der Waals surface area contributed by atoms with Crippen LogP contribution in [0.15, 0.2) is 48.5 Å². The van der Waals surface area contributed by atoms with Gasteiger partial charge >= 0.3 is 5.97 Å². The molecule has 0 saturated heterocycles. The Balaban J connectivity index is 2.03. The molecular formula is C19H21NO4. The highest BCUT2D eigenvalue weighted by molar-refractivity contribution is 5.87. The van der Waals surface area contributed by atoms with Gasteiger partial charge in [-0.15, -0.1) is 0 Å². The number of likely N-dealkylation sites (N-methyl/N-ethyl adjacent to an activating group) is 1. The number of carbonyl (C=O) groups is 2. The predicted molar refractivity (Wildman–Crippen MR) is 91.3 cm³/mol. The van der Waals surface area contributed by atoms with Gasteiger partial charge in [-0.2, -0.15) is 0 Å². The number of carboxylic acids is 1. The monoisotopic (exact) mass is 327 g/mol. The molecule has 1 N–H and O–H groups in total. The Morgan fingerprint density at radius 1 is 1.08 bits per heavy atom. The summed E-state index contributed by atoms with van der Waals surface area (Å²) in [5.74, 6) is -0.224. The number of rotatable bonds is 6. The molecule has 126 valence electrons. The fraction of sp³-hybridized carbons (Fsp3) is 0.263. The summed E-state index contributed by atoms with van der Waals surface area (Å²) in [6.45, 7) is 1.97. The molecule has 1 unspecified atom stereocenters. The largest absolute Gasteiger partial charge is 0.497 e. The fourth-order valence-electron chi connectivity index (χ4n) is 2.39. The van der Waals surface area contributed by atoms with Crippen LogP contribution in [0.5, 0.6) is 5.75 Å². The van der Waals surface area contributed by atoms with Gasteiger partial charge in [0.05, 0.1) is 25.1 Å². The van der Waals surface area contributed by atoms with Crippen LogP contribution in [-0.4, -0.2) is 36.0 Å². The number of hydrogen-bond donors (Lipinski definition) is 1. The number of amides is 1. The van der Waals surface area contributed by atoms with Gasteiger partial charge < -0.3 is 14.7 Å². The van der Waals surface area contributed by atoms with Crippen LogP contribution in [-0.2, 0) is 11.2 Å². The first-order valence-corrected chi connectivity index (χ1v) is 7.64. The summed E-state index contributed by atoms with van der Waals surface area (Å²) >= 11 is 0. The summed E-state index contributed by atoms with van der Waals surface area (Å²) in [6, 6.07) is 13.9. The quantitative estimate of drug-likeness (QED) is 0.885. The topological polar surface area (TPSA) is 66.8 Å². The fourth-order valence-corrected chi connectivity index (χ4v) is 2.39. The summed E-state index contributed by atoms with van der Waals surface area (Å²) < 4.78 is 5.14. The first-order valence-electron chi connectivity index (χ1n) is 7.64. The van der Waals surface area contributed by atoms with E-state index in [1.807, 2.05) is 31.2 Å². The minimum absolute atomic E-state index is 0.0265. The van der Waals surface area contributed by atoms with Crippen LogP contribution in [0.3, 0.4) is 0 Å². The Hall–Kier alpha value is -2.82. The number of nitrogens with zero attached hydrogens (tertiary/aromatic N) is 1. The maximum atomic E-state index is 12.5. The Kier molecular flexibility index (Phi) is 5.58. The van der Waals surface area contributed by atoms with E-state index in [1.54, 1.807) is 31.2 Å². The van der Waals surface area contributed by atoms with Crippen molar-refractivity contribution in [1.29, 1.82) is 0 Å². The van der Waals surface area contributed by atoms with Crippen molar-refractivity contribution in [2.45, 2.75) is 19.4 Å². The molecule has 0 heterocycles. The third-order valence-corrected chi connectivity index (χ3v) is 4.13. The Morgan fingerprint density at radius 3 is 2.17 bits per heavy atom. The molecule has 0 spiro atoms. The molecule has 1 amide bonds. The molecule has 0 bridgehead atoms. The van der Waals surface area contributed by atoms with Crippen molar-refractivity contribution in [3.05, 3.63) is 65.2 Å². The zero-order chi connectivity index (χ0) is 17.7. The average molecular weight is 327 g/mol. The standard InChI is InChI=1S/C19H21NO4/c1-13(15-8-10-17(24-3)11-9-15)20(2)18(21)12-14-4-6-16(7-5-14)19(22)23/h4-11,13H,12H2,1-3H3,(H,22,23). The normalized spacial score (nSPS) is 11.6. The Bertz CT molecular complexity index is 707. The van der Waals surface area contributed by atoms with Crippen LogP contribution in [0.4, 0.5) is 0 Å². The molecule has 0 fully saturated rings. The van der Waals surface area contributed by atoms with E-state index in [4.69, 9.17) is 9.84 Å². The van der Waals surface area contributed by atoms with Gasteiger partial charge in [0.1, 0.15) is 5.75 Å². The summed E-state index contributed by atoms with van der Waals surface area (Å²) in [4.78, 5) is 25.0. The van der Waals surface area contributed by atoms with E-state index in [1.165, 1.54) is 12.1 Å². The van der Waals surface area contributed by atoms with Gasteiger partial charge in [0, 0.05) is 7.05 Å². The van der Waals surface area contributed by atoms with Crippen LogP contribution in [0, 0.1) is 0 Å². The maximum Gasteiger partial charge on any atom is 0.335 e. The number of benzene rings is 2. The molecular weight excluding hydrogens is 306 g/mol. The minimum Gasteiger partial charge on any atom is -0.497 e. The number of hydrogen-bond acceptors (Lipinski definition) is 3. The lowest BCUT2D eigenvalue weighted by atomic mass is 10.0. The van der Waals surface area contributed by atoms with Gasteiger partial charge in [-0.1, -0.05) is 24.3 Å². The SMILES string of the molecule is COc1ccc(C(C)N(C)C(=O)Cc2ccc(C(=O)O)cc2)cc1. The zero-order valence-electron chi connectivity index (χ0n) is 14.0. The lowest BCUT2D eigenvalue weighted by molar-refractivity contribution is -0.131. The lowest BCUT2D eigenvalue weighted by Gasteiger charge is -2.25. The number of carboxylic acid groups (broad SMARTS) is 1. The van der Waals surface area contributed by atoms with E-state index in [0.29, 0.717) is 0 Å². The number of carbonyl (C=O) groups excluding carboxylic acids is 1. The molecule has 0 aliphatic carbocycles. The highest BCUT2D eigenvalue weighted by Crippen LogP contribution is 2.22. The van der Waals surface area contributed by atoms with Crippen molar-refractivity contribution in [3.63, 3.8) is 0 Å². The van der Waals surface area contributed by atoms with E-state index in [2.05, 4.69) is 0 Å². The van der Waals surface area contributed by atoms with Gasteiger partial charge in [0.15, 0.2) is 0 Å². The highest BCUT2D eigenvalue weighted by atomic mass is 16.5. The summed E-state index contributed by atoms with van der Waals surface area (Å²) in [5, 5.41) is 8.90. The number of methoxy groups -OCH3 is 1. The summed E-state index contributed by atoms with van der Waals surface area (Å²) in [6.07, 6.45) is 0.233. The van der Waals surface area contributed by atoms with E-state index in [9.17, 15) is 9.59 Å². The van der Waals surface area contributed by atoms with Crippen LogP contribution in [0.2, 0.25) is 0 Å². The first kappa shape index (κ1) is 17.5. The van der Waals surface area contributed by atoms with Gasteiger partial charge in [-0.25, -0.2) is 4.79 Å². The molecule has 0 aromatic heterocycles. The third-order valence-electron chi connectivity index (χ3n) is 4.13. The van der Waals surface area contributed by atoms with Crippen LogP contribution < -0.4 is 4.74 Å². The van der Waals surface area contributed by atoms with Crippen molar-refractivity contribution in [3.8, 4) is 5.75 Å². The van der Waals surface area contributed by atoms with Crippen molar-refractivity contribution < 1.29 is 19.4 Å². The van der Waals surface area contributed by atoms with Gasteiger partial charge in [0.25, 0.3) is 0 Å². The minimum atomic E-state index is -0.974. The van der Waals surface area contributed by atoms with Gasteiger partial charge in [-0.05, 0) is 42.3 Å². The smallest absolute Gasteiger partial charge is 0.335 e. The molecule has 2 rings (SSSR count). The van der Waals surface area contributed by atoms with E-state index < -0.39 is 5.97 Å². The van der Waals surface area contributed by atoms with E-state index >= 15 is 0 Å². The molecule has 0 radical (unpaired) electrons. The Labute approximate surface area is 141 Å². The molecule has 2 aromatic rings. The second-order valence-corrected chi connectivity index (χ2v) is 5.63. The summed E-state index contributed by atoms with van der Waals surface area (Å²) in [5.41, 5.74) is 2.03. The molecule has 0 aliphatic heterocycles. The number of ether oxygens (including phenoxy) is 1. The van der Waals surface area contributed by atoms with Gasteiger partial charge in [0.2, 0.25) is 5.91 Å². The molecule has 5 nitrogen and oxygen atoms in total. The Morgan fingerprint density at radius 2 is 1.67 bits per heavy atom. The third kappa shape index (κ3) is 4.13. The number of aromatic carboxylic acids is 1. The van der Waals surface area contributed by atoms with E-state index in [-0.39, 0.29) is 23.9 Å². The molecule has 2 aromatic carbocycles. The molecule has 24 heavy (non-hydrogen) atoms. The molecule has 5 heteroatoms. The van der Waals surface area contributed by atoms with Crippen molar-refractivity contribution in [1.82, 2.24) is 4.90 Å². The predicted octanol–water partition coefficient (Wildman–Crippen LogP) is 3.16. The second-order valence-electron chi connectivity index (χ2n) is 5.63. The average Bonchev–Trinajstić information content (AvgIpc) is 2.61. The van der Waals surface area contributed by atoms with Crippen molar-refractivity contribution in [2.24, 2.45) is 0 Å². The highest BCUT2D eigenvalue weighted by Gasteiger charge is 2.18. The van der Waals surface area contributed by atoms with Crippen LogP contribution >= 0.6 is 0 Å². The van der Waals surface area contributed by atoms with E-state index in [0.717, 1.165) is 16.9 Å². The molecule has 0 aliphatic rings.